The van der Waals surface area contributed by atoms with Crippen molar-refractivity contribution in [3.63, 3.8) is 0 Å². The molecule has 2 saturated heterocycles. The van der Waals surface area contributed by atoms with Crippen LogP contribution >= 0.6 is 0 Å². The molecule has 0 bridgehead atoms. The molecular formula is C18H18FN3O4. The molecule has 136 valence electrons. The minimum absolute atomic E-state index is 0.0670. The maximum Gasteiger partial charge on any atom is 0.276 e. The number of nitrogens with zero attached hydrogens (tertiary/aromatic N) is 3. The zero-order valence-corrected chi connectivity index (χ0v) is 14.3. The molecule has 8 heteroatoms. The summed E-state index contributed by atoms with van der Waals surface area (Å²) in [6.07, 6.45) is 0.612. The normalized spacial score (nSPS) is 23.1. The largest absolute Gasteiger partial charge is 0.361 e. The number of carbonyl (C=O) groups excluding carboxylic acids is 2. The molecule has 1 unspecified atom stereocenters. The first-order valence-electron chi connectivity index (χ1n) is 8.38. The van der Waals surface area contributed by atoms with Gasteiger partial charge in [0.15, 0.2) is 5.69 Å². The first-order chi connectivity index (χ1) is 12.5. The van der Waals surface area contributed by atoms with Crippen LogP contribution in [0.5, 0.6) is 0 Å². The number of carbonyl (C=O) groups is 2. The van der Waals surface area contributed by atoms with Gasteiger partial charge in [-0.15, -0.1) is 0 Å². The number of amides is 2. The molecule has 1 spiro atoms. The number of rotatable bonds is 2. The van der Waals surface area contributed by atoms with E-state index in [1.54, 1.807) is 34.9 Å². The van der Waals surface area contributed by atoms with Gasteiger partial charge in [0.25, 0.3) is 11.8 Å². The summed E-state index contributed by atoms with van der Waals surface area (Å²) in [5, 5.41) is 3.77. The maximum absolute atomic E-state index is 13.2. The quantitative estimate of drug-likeness (QED) is 0.817. The molecule has 0 saturated carbocycles. The van der Waals surface area contributed by atoms with Gasteiger partial charge in [0.05, 0.1) is 13.1 Å². The number of hydrogen-bond acceptors (Lipinski definition) is 5. The Bertz CT molecular complexity index is 850. The Hall–Kier alpha value is -2.74. The number of morpholine rings is 1. The summed E-state index contributed by atoms with van der Waals surface area (Å²) in [5.74, 6) is -0.180. The maximum atomic E-state index is 13.2. The van der Waals surface area contributed by atoms with Gasteiger partial charge >= 0.3 is 0 Å². The smallest absolute Gasteiger partial charge is 0.276 e. The van der Waals surface area contributed by atoms with E-state index < -0.39 is 5.60 Å². The molecule has 7 nitrogen and oxygen atoms in total. The van der Waals surface area contributed by atoms with Crippen LogP contribution in [0.2, 0.25) is 0 Å². The van der Waals surface area contributed by atoms with Crippen molar-refractivity contribution in [3.8, 4) is 0 Å². The number of likely N-dealkylation sites (tertiary alicyclic amines) is 1. The van der Waals surface area contributed by atoms with Crippen molar-refractivity contribution in [3.05, 3.63) is 47.6 Å². The molecule has 2 aliphatic heterocycles. The minimum Gasteiger partial charge on any atom is -0.361 e. The third-order valence-corrected chi connectivity index (χ3v) is 4.84. The van der Waals surface area contributed by atoms with Gasteiger partial charge in [-0.05, 0) is 37.6 Å². The lowest BCUT2D eigenvalue weighted by Crippen LogP contribution is -2.56. The van der Waals surface area contributed by atoms with Gasteiger partial charge in [0, 0.05) is 18.3 Å². The molecule has 2 fully saturated rings. The summed E-state index contributed by atoms with van der Waals surface area (Å²) in [7, 11) is 0. The van der Waals surface area contributed by atoms with Crippen LogP contribution in [-0.2, 0) is 9.53 Å². The number of ether oxygens (including phenoxy) is 1. The SMILES string of the molecule is Cc1cc(C(=O)N2CCC3(C2)CN(c2ccc(F)cc2)C(=O)CO3)no1. The highest BCUT2D eigenvalue weighted by atomic mass is 19.1. The lowest BCUT2D eigenvalue weighted by molar-refractivity contribution is -0.137. The van der Waals surface area contributed by atoms with Crippen molar-refractivity contribution >= 4 is 17.5 Å². The molecule has 1 aromatic heterocycles. The predicted molar refractivity (Wildman–Crippen MR) is 89.2 cm³/mol. The summed E-state index contributed by atoms with van der Waals surface area (Å²) in [6.45, 7) is 2.85. The first kappa shape index (κ1) is 16.7. The monoisotopic (exact) mass is 359 g/mol. The third-order valence-electron chi connectivity index (χ3n) is 4.84. The van der Waals surface area contributed by atoms with Crippen molar-refractivity contribution in [2.24, 2.45) is 0 Å². The first-order valence-corrected chi connectivity index (χ1v) is 8.38. The lowest BCUT2D eigenvalue weighted by Gasteiger charge is -2.40. The van der Waals surface area contributed by atoms with Crippen LogP contribution < -0.4 is 4.90 Å². The average molecular weight is 359 g/mol. The van der Waals surface area contributed by atoms with Gasteiger partial charge < -0.3 is 19.1 Å². The van der Waals surface area contributed by atoms with Crippen LogP contribution in [-0.4, -0.2) is 53.7 Å². The Balaban J connectivity index is 1.51. The van der Waals surface area contributed by atoms with Crippen molar-refractivity contribution in [1.29, 1.82) is 0 Å². The van der Waals surface area contributed by atoms with Gasteiger partial charge in [-0.2, -0.15) is 0 Å². The summed E-state index contributed by atoms with van der Waals surface area (Å²) >= 11 is 0. The van der Waals surface area contributed by atoms with Crippen LogP contribution in [0.25, 0.3) is 0 Å². The van der Waals surface area contributed by atoms with E-state index in [2.05, 4.69) is 5.16 Å². The second-order valence-electron chi connectivity index (χ2n) is 6.73. The number of aryl methyl sites for hydroxylation is 1. The van der Waals surface area contributed by atoms with Crippen LogP contribution in [0.3, 0.4) is 0 Å². The van der Waals surface area contributed by atoms with Gasteiger partial charge in [-0.1, -0.05) is 5.16 Å². The average Bonchev–Trinajstić information content (AvgIpc) is 3.25. The van der Waals surface area contributed by atoms with Gasteiger partial charge in [-0.25, -0.2) is 4.39 Å². The van der Waals surface area contributed by atoms with Gasteiger partial charge in [0.2, 0.25) is 0 Å². The highest BCUT2D eigenvalue weighted by Crippen LogP contribution is 2.32. The fourth-order valence-electron chi connectivity index (χ4n) is 3.47. The van der Waals surface area contributed by atoms with E-state index >= 15 is 0 Å². The highest BCUT2D eigenvalue weighted by molar-refractivity contribution is 5.95. The zero-order valence-electron chi connectivity index (χ0n) is 14.3. The topological polar surface area (TPSA) is 75.9 Å². The Morgan fingerprint density at radius 2 is 2.04 bits per heavy atom. The Kier molecular flexibility index (Phi) is 3.99. The number of anilines is 1. The fourth-order valence-corrected chi connectivity index (χ4v) is 3.47. The minimum atomic E-state index is -0.628. The number of aromatic nitrogens is 1. The Morgan fingerprint density at radius 1 is 1.27 bits per heavy atom. The van der Waals surface area contributed by atoms with Crippen LogP contribution in [0.1, 0.15) is 22.7 Å². The lowest BCUT2D eigenvalue weighted by atomic mass is 10.00. The van der Waals surface area contributed by atoms with E-state index in [4.69, 9.17) is 9.26 Å². The van der Waals surface area contributed by atoms with E-state index in [0.29, 0.717) is 37.5 Å². The van der Waals surface area contributed by atoms with E-state index in [-0.39, 0.29) is 29.9 Å². The van der Waals surface area contributed by atoms with Crippen LogP contribution in [0.4, 0.5) is 10.1 Å². The highest BCUT2D eigenvalue weighted by Gasteiger charge is 2.47. The standard InChI is InChI=1S/C18H18FN3O4/c1-12-8-15(20-26-12)17(24)21-7-6-18(10-21)11-22(16(23)9-25-18)14-4-2-13(19)3-5-14/h2-5,8H,6-7,9-11H2,1H3. The van der Waals surface area contributed by atoms with Crippen molar-refractivity contribution in [2.75, 3.05) is 31.1 Å². The van der Waals surface area contributed by atoms with Gasteiger partial charge in [-0.3, -0.25) is 9.59 Å². The number of benzene rings is 1. The molecule has 4 rings (SSSR count). The number of hydrogen-bond donors (Lipinski definition) is 0. The predicted octanol–water partition coefficient (Wildman–Crippen LogP) is 1.77. The molecule has 26 heavy (non-hydrogen) atoms. The molecule has 3 heterocycles. The summed E-state index contributed by atoms with van der Waals surface area (Å²) in [4.78, 5) is 28.1. The molecular weight excluding hydrogens is 341 g/mol. The van der Waals surface area contributed by atoms with Crippen LogP contribution in [0.15, 0.2) is 34.9 Å². The second-order valence-corrected chi connectivity index (χ2v) is 6.73. The number of halogens is 1. The summed E-state index contributed by atoms with van der Waals surface area (Å²) in [5.41, 5.74) is 0.259. The van der Waals surface area contributed by atoms with Gasteiger partial charge in [0.1, 0.15) is 23.8 Å². The molecule has 0 aliphatic carbocycles. The van der Waals surface area contributed by atoms with Crippen LogP contribution in [0, 0.1) is 12.7 Å². The molecule has 2 amide bonds. The third kappa shape index (κ3) is 2.96. The molecule has 0 radical (unpaired) electrons. The van der Waals surface area contributed by atoms with E-state index in [1.165, 1.54) is 12.1 Å². The molecule has 1 aromatic carbocycles. The molecule has 2 aromatic rings. The summed E-state index contributed by atoms with van der Waals surface area (Å²) < 4.78 is 24.0. The van der Waals surface area contributed by atoms with Crippen molar-refractivity contribution in [2.45, 2.75) is 18.9 Å². The van der Waals surface area contributed by atoms with Crippen molar-refractivity contribution in [1.82, 2.24) is 10.1 Å². The Labute approximate surface area is 149 Å². The molecule has 2 aliphatic rings. The summed E-state index contributed by atoms with van der Waals surface area (Å²) in [6, 6.07) is 7.39. The van der Waals surface area contributed by atoms with E-state index in [9.17, 15) is 14.0 Å². The molecule has 1 atom stereocenters. The molecule has 0 N–H and O–H groups in total. The van der Waals surface area contributed by atoms with Crippen molar-refractivity contribution < 1.29 is 23.2 Å². The second kappa shape index (κ2) is 6.21. The zero-order chi connectivity index (χ0) is 18.3. The van der Waals surface area contributed by atoms with E-state index in [0.717, 1.165) is 0 Å². The van der Waals surface area contributed by atoms with E-state index in [1.807, 2.05) is 0 Å². The Morgan fingerprint density at radius 3 is 2.73 bits per heavy atom. The fraction of sp³-hybridized carbons (Fsp3) is 0.389.